The van der Waals surface area contributed by atoms with E-state index in [1.165, 1.54) is 16.7 Å². The number of aromatic carboxylic acids is 1. The first-order valence-electron chi connectivity index (χ1n) is 9.36. The molecule has 4 aromatic rings. The number of carboxylic acid groups (broad SMARTS) is 1. The number of carbonyl (C=O) groups is 1. The minimum absolute atomic E-state index is 0.131. The molecule has 4 rings (SSSR count). The van der Waals surface area contributed by atoms with Crippen LogP contribution in [0.2, 0.25) is 0 Å². The summed E-state index contributed by atoms with van der Waals surface area (Å²) in [5.74, 6) is -0.802. The zero-order chi connectivity index (χ0) is 22.7. The van der Waals surface area contributed by atoms with E-state index in [-0.39, 0.29) is 22.2 Å². The molecule has 0 radical (unpaired) electrons. The van der Waals surface area contributed by atoms with Crippen molar-refractivity contribution in [3.63, 3.8) is 0 Å². The summed E-state index contributed by atoms with van der Waals surface area (Å²) >= 11 is 8.69. The lowest BCUT2D eigenvalue weighted by molar-refractivity contribution is 0.0697. The highest BCUT2D eigenvalue weighted by Crippen LogP contribution is 2.18. The van der Waals surface area contributed by atoms with Crippen molar-refractivity contribution in [2.24, 2.45) is 0 Å². The van der Waals surface area contributed by atoms with E-state index in [4.69, 9.17) is 17.3 Å². The molecule has 1 heterocycles. The summed E-state index contributed by atoms with van der Waals surface area (Å²) in [7, 11) is 0. The first-order valence-corrected chi connectivity index (χ1v) is 10.6. The highest BCUT2D eigenvalue weighted by Gasteiger charge is 2.13. The summed E-state index contributed by atoms with van der Waals surface area (Å²) in [6, 6.07) is 20.5. The van der Waals surface area contributed by atoms with Crippen molar-refractivity contribution in [2.75, 3.05) is 10.7 Å². The van der Waals surface area contributed by atoms with Crippen LogP contribution >= 0.6 is 28.1 Å². The van der Waals surface area contributed by atoms with Crippen LogP contribution in [0.15, 0.2) is 82.1 Å². The van der Waals surface area contributed by atoms with Gasteiger partial charge in [-0.05, 0) is 66.8 Å². The molecule has 0 unspecified atom stereocenters. The second kappa shape index (κ2) is 9.16. The Labute approximate surface area is 196 Å². The van der Waals surface area contributed by atoms with Gasteiger partial charge in [-0.1, -0.05) is 34.1 Å². The average molecular weight is 510 g/mol. The Hall–Kier alpha value is -3.76. The monoisotopic (exact) mass is 509 g/mol. The number of nitrogens with zero attached hydrogens (tertiary/aromatic N) is 2. The minimum Gasteiger partial charge on any atom is -0.478 e. The van der Waals surface area contributed by atoms with E-state index in [2.05, 4.69) is 37.1 Å². The smallest absolute Gasteiger partial charge is 0.335 e. The van der Waals surface area contributed by atoms with Crippen molar-refractivity contribution in [3.05, 3.63) is 93.2 Å². The minimum atomic E-state index is -1.04. The van der Waals surface area contributed by atoms with Crippen molar-refractivity contribution < 1.29 is 9.90 Å². The molecule has 3 aromatic carbocycles. The molecule has 1 aromatic heterocycles. The van der Waals surface area contributed by atoms with Crippen molar-refractivity contribution in [2.45, 2.75) is 0 Å². The van der Waals surface area contributed by atoms with Crippen molar-refractivity contribution in [1.82, 2.24) is 15.0 Å². The molecule has 8 nitrogen and oxygen atoms in total. The third-order valence-electron chi connectivity index (χ3n) is 4.52. The van der Waals surface area contributed by atoms with Gasteiger partial charge in [0.05, 0.1) is 22.2 Å². The van der Waals surface area contributed by atoms with Gasteiger partial charge in [0.15, 0.2) is 5.11 Å². The van der Waals surface area contributed by atoms with Gasteiger partial charge in [0.2, 0.25) is 5.95 Å². The quantitative estimate of drug-likeness (QED) is 0.234. The summed E-state index contributed by atoms with van der Waals surface area (Å²) < 4.78 is 2.32. The lowest BCUT2D eigenvalue weighted by atomic mass is 10.2. The number of fused-ring (bicyclic) bond motifs is 1. The van der Waals surface area contributed by atoms with Crippen LogP contribution in [0.5, 0.6) is 0 Å². The first-order chi connectivity index (χ1) is 15.4. The molecule has 0 amide bonds. The normalized spacial score (nSPS) is 10.5. The molecule has 32 heavy (non-hydrogen) atoms. The molecule has 0 aliphatic rings. The van der Waals surface area contributed by atoms with Crippen LogP contribution in [0.25, 0.3) is 16.6 Å². The van der Waals surface area contributed by atoms with E-state index in [0.717, 1.165) is 4.47 Å². The zero-order valence-electron chi connectivity index (χ0n) is 16.4. The number of carboxylic acids is 1. The highest BCUT2D eigenvalue weighted by atomic mass is 79.9. The molecule has 0 aliphatic heterocycles. The van der Waals surface area contributed by atoms with Crippen LogP contribution < -0.4 is 21.7 Å². The largest absolute Gasteiger partial charge is 0.478 e. The summed E-state index contributed by atoms with van der Waals surface area (Å²) in [6.07, 6.45) is 0. The molecule has 160 valence electrons. The molecular weight excluding hydrogens is 494 g/mol. The summed E-state index contributed by atoms with van der Waals surface area (Å²) in [4.78, 5) is 28.9. The third-order valence-corrected chi connectivity index (χ3v) is 5.25. The first kappa shape index (κ1) is 21.5. The van der Waals surface area contributed by atoms with Gasteiger partial charge in [-0.25, -0.2) is 14.3 Å². The number of hydrazine groups is 1. The Bertz CT molecular complexity index is 1390. The molecule has 0 atom stereocenters. The Kier molecular flexibility index (Phi) is 6.15. The second-order valence-electron chi connectivity index (χ2n) is 6.66. The standard InChI is InChI=1S/C22H16BrN5O3S/c23-14-8-10-16(11-9-14)28-19(29)17-6-1-2-7-18(17)25-21(28)26-27-22(32)24-15-5-3-4-13(12-15)20(30)31/h1-12H,(H,25,26)(H,30,31)(H2,24,27,32). The van der Waals surface area contributed by atoms with E-state index in [1.807, 2.05) is 12.1 Å². The molecule has 0 saturated heterocycles. The van der Waals surface area contributed by atoms with Gasteiger partial charge in [0, 0.05) is 10.2 Å². The fourth-order valence-electron chi connectivity index (χ4n) is 3.05. The third kappa shape index (κ3) is 4.61. The number of halogens is 1. The molecule has 0 aliphatic carbocycles. The van der Waals surface area contributed by atoms with Gasteiger partial charge in [-0.15, -0.1) is 0 Å². The number of thiocarbonyl (C=S) groups is 1. The Morgan fingerprint density at radius 2 is 1.78 bits per heavy atom. The van der Waals surface area contributed by atoms with Crippen LogP contribution in [0.1, 0.15) is 10.4 Å². The predicted octanol–water partition coefficient (Wildman–Crippen LogP) is 4.16. The van der Waals surface area contributed by atoms with E-state index < -0.39 is 5.97 Å². The summed E-state index contributed by atoms with van der Waals surface area (Å²) in [6.45, 7) is 0. The molecule has 10 heteroatoms. The Balaban J connectivity index is 1.63. The average Bonchev–Trinajstić information content (AvgIpc) is 2.79. The van der Waals surface area contributed by atoms with E-state index in [1.54, 1.807) is 48.5 Å². The SMILES string of the molecule is O=C(O)c1cccc(NC(=S)NNc2nc3ccccc3c(=O)n2-c2ccc(Br)cc2)c1. The van der Waals surface area contributed by atoms with Gasteiger partial charge >= 0.3 is 5.97 Å². The molecule has 0 saturated carbocycles. The number of anilines is 2. The Morgan fingerprint density at radius 1 is 1.03 bits per heavy atom. The maximum Gasteiger partial charge on any atom is 0.335 e. The summed E-state index contributed by atoms with van der Waals surface area (Å²) in [5, 5.41) is 12.7. The van der Waals surface area contributed by atoms with E-state index in [0.29, 0.717) is 22.3 Å². The maximum atomic E-state index is 13.2. The van der Waals surface area contributed by atoms with Gasteiger partial charge in [0.1, 0.15) is 0 Å². The number of hydrogen-bond acceptors (Lipinski definition) is 5. The van der Waals surface area contributed by atoms with Crippen LogP contribution in [0.4, 0.5) is 11.6 Å². The molecular formula is C22H16BrN5O3S. The number of benzene rings is 3. The number of rotatable bonds is 5. The maximum absolute atomic E-state index is 13.2. The molecule has 0 spiro atoms. The van der Waals surface area contributed by atoms with Gasteiger partial charge in [-0.2, -0.15) is 0 Å². The fraction of sp³-hybridized carbons (Fsp3) is 0. The number of para-hydroxylation sites is 1. The van der Waals surface area contributed by atoms with Crippen LogP contribution in [-0.4, -0.2) is 25.7 Å². The van der Waals surface area contributed by atoms with Crippen LogP contribution in [-0.2, 0) is 0 Å². The lowest BCUT2D eigenvalue weighted by Gasteiger charge is -2.17. The topological polar surface area (TPSA) is 108 Å². The van der Waals surface area contributed by atoms with Crippen molar-refractivity contribution in [1.29, 1.82) is 0 Å². The molecule has 0 fully saturated rings. The van der Waals surface area contributed by atoms with Crippen molar-refractivity contribution in [3.8, 4) is 5.69 Å². The van der Waals surface area contributed by atoms with Gasteiger partial charge in [0.25, 0.3) is 5.56 Å². The van der Waals surface area contributed by atoms with E-state index in [9.17, 15) is 9.59 Å². The number of hydrogen-bond donors (Lipinski definition) is 4. The highest BCUT2D eigenvalue weighted by molar-refractivity contribution is 9.10. The van der Waals surface area contributed by atoms with Gasteiger partial charge < -0.3 is 10.4 Å². The van der Waals surface area contributed by atoms with Gasteiger partial charge in [-0.3, -0.25) is 15.6 Å². The predicted molar refractivity (Wildman–Crippen MR) is 131 cm³/mol. The van der Waals surface area contributed by atoms with Crippen LogP contribution in [0, 0.1) is 0 Å². The Morgan fingerprint density at radius 3 is 2.53 bits per heavy atom. The lowest BCUT2D eigenvalue weighted by Crippen LogP contribution is -2.36. The second-order valence-corrected chi connectivity index (χ2v) is 7.98. The summed E-state index contributed by atoms with van der Waals surface area (Å²) in [5.41, 5.74) is 7.23. The molecule has 0 bridgehead atoms. The number of aromatic nitrogens is 2. The number of nitrogens with one attached hydrogen (secondary N) is 3. The fourth-order valence-corrected chi connectivity index (χ4v) is 3.48. The van der Waals surface area contributed by atoms with E-state index >= 15 is 0 Å². The molecule has 4 N–H and O–H groups in total. The van der Waals surface area contributed by atoms with Crippen LogP contribution in [0.3, 0.4) is 0 Å². The zero-order valence-corrected chi connectivity index (χ0v) is 18.8. The van der Waals surface area contributed by atoms with Crippen molar-refractivity contribution >= 4 is 61.8 Å².